The molecule has 1 aromatic rings. The highest BCUT2D eigenvalue weighted by atomic mass is 16.5. The van der Waals surface area contributed by atoms with Crippen molar-refractivity contribution in [3.63, 3.8) is 0 Å². The standard InChI is InChI=1S/C16H25N5O5/c1-2-3-4-5-6-25-10-11-8-21(16(24)18-15(11)23)14-7-12(19-20-17)13(9-22)26-14/h8,12-14,22H,2-7,9-10H2,1H3,(H,18,23,24)/t12-,13+,14+/m0/s1. The third kappa shape index (κ3) is 5.18. The number of azide groups is 1. The lowest BCUT2D eigenvalue weighted by molar-refractivity contribution is -0.0274. The molecule has 0 spiro atoms. The van der Waals surface area contributed by atoms with Crippen molar-refractivity contribution in [2.45, 2.75) is 64.0 Å². The third-order valence-electron chi connectivity index (χ3n) is 4.34. The molecule has 3 atom stereocenters. The fourth-order valence-corrected chi connectivity index (χ4v) is 2.89. The third-order valence-corrected chi connectivity index (χ3v) is 4.34. The van der Waals surface area contributed by atoms with Gasteiger partial charge in [-0.2, -0.15) is 0 Å². The van der Waals surface area contributed by atoms with Crippen LogP contribution in [0.5, 0.6) is 0 Å². The molecule has 10 heteroatoms. The van der Waals surface area contributed by atoms with Crippen molar-refractivity contribution in [3.8, 4) is 0 Å². The lowest BCUT2D eigenvalue weighted by Gasteiger charge is -2.15. The number of nitrogens with one attached hydrogen (secondary N) is 1. The topological polar surface area (TPSA) is 142 Å². The van der Waals surface area contributed by atoms with Crippen molar-refractivity contribution in [2.24, 2.45) is 5.11 Å². The lowest BCUT2D eigenvalue weighted by atomic mass is 10.1. The van der Waals surface area contributed by atoms with Gasteiger partial charge in [-0.15, -0.1) is 0 Å². The molecule has 0 aliphatic carbocycles. The van der Waals surface area contributed by atoms with E-state index in [4.69, 9.17) is 15.0 Å². The van der Waals surface area contributed by atoms with E-state index in [2.05, 4.69) is 21.9 Å². The van der Waals surface area contributed by atoms with Gasteiger partial charge >= 0.3 is 5.69 Å². The average molecular weight is 367 g/mol. The zero-order valence-electron chi connectivity index (χ0n) is 14.8. The van der Waals surface area contributed by atoms with Crippen molar-refractivity contribution in [1.82, 2.24) is 9.55 Å². The fourth-order valence-electron chi connectivity index (χ4n) is 2.89. The molecule has 1 saturated heterocycles. The van der Waals surface area contributed by atoms with E-state index in [1.165, 1.54) is 10.8 Å². The van der Waals surface area contributed by atoms with Crippen LogP contribution in [0.4, 0.5) is 0 Å². The van der Waals surface area contributed by atoms with Gasteiger partial charge in [0.15, 0.2) is 0 Å². The number of H-pyrrole nitrogens is 1. The minimum atomic E-state index is -0.727. The summed E-state index contributed by atoms with van der Waals surface area (Å²) in [5.74, 6) is 0. The van der Waals surface area contributed by atoms with Gasteiger partial charge in [0.25, 0.3) is 5.56 Å². The first-order chi connectivity index (χ1) is 12.6. The van der Waals surface area contributed by atoms with Crippen LogP contribution < -0.4 is 11.2 Å². The van der Waals surface area contributed by atoms with Gasteiger partial charge in [0.1, 0.15) is 6.23 Å². The molecule has 1 fully saturated rings. The molecule has 0 unspecified atom stereocenters. The summed E-state index contributed by atoms with van der Waals surface area (Å²) in [5, 5.41) is 12.9. The molecule has 0 saturated carbocycles. The second kappa shape index (κ2) is 10.1. The summed E-state index contributed by atoms with van der Waals surface area (Å²) < 4.78 is 12.4. The highest BCUT2D eigenvalue weighted by Gasteiger charge is 2.35. The van der Waals surface area contributed by atoms with Gasteiger partial charge in [-0.1, -0.05) is 31.3 Å². The van der Waals surface area contributed by atoms with E-state index in [0.29, 0.717) is 12.2 Å². The van der Waals surface area contributed by atoms with Crippen LogP contribution in [0.2, 0.25) is 0 Å². The number of nitrogens with zero attached hydrogens (tertiary/aromatic N) is 4. The summed E-state index contributed by atoms with van der Waals surface area (Å²) in [7, 11) is 0. The fraction of sp³-hybridized carbons (Fsp3) is 0.750. The van der Waals surface area contributed by atoms with Crippen LogP contribution in [-0.4, -0.2) is 40.0 Å². The molecule has 2 rings (SSSR count). The number of ether oxygens (including phenoxy) is 2. The molecule has 2 heterocycles. The Morgan fingerprint density at radius 2 is 2.27 bits per heavy atom. The van der Waals surface area contributed by atoms with Crippen LogP contribution in [0, 0.1) is 0 Å². The maximum Gasteiger partial charge on any atom is 0.330 e. The van der Waals surface area contributed by atoms with E-state index in [1.54, 1.807) is 0 Å². The number of unbranched alkanes of at least 4 members (excludes halogenated alkanes) is 3. The van der Waals surface area contributed by atoms with Crippen molar-refractivity contribution in [3.05, 3.63) is 43.0 Å². The van der Waals surface area contributed by atoms with E-state index >= 15 is 0 Å². The molecule has 0 aromatic carbocycles. The van der Waals surface area contributed by atoms with Gasteiger partial charge in [-0.3, -0.25) is 14.3 Å². The zero-order valence-corrected chi connectivity index (χ0v) is 14.8. The van der Waals surface area contributed by atoms with Crippen molar-refractivity contribution in [2.75, 3.05) is 13.2 Å². The van der Waals surface area contributed by atoms with E-state index < -0.39 is 29.6 Å². The number of rotatable bonds is 10. The van der Waals surface area contributed by atoms with Crippen LogP contribution in [-0.2, 0) is 16.1 Å². The number of aromatic amines is 1. The normalized spacial score (nSPS) is 22.3. The first kappa shape index (κ1) is 20.2. The zero-order chi connectivity index (χ0) is 18.9. The number of hydrogen-bond donors (Lipinski definition) is 2. The van der Waals surface area contributed by atoms with E-state index in [-0.39, 0.29) is 19.6 Å². The number of aliphatic hydroxyl groups excluding tert-OH is 1. The predicted octanol–water partition coefficient (Wildman–Crippen LogP) is 1.59. The minimum Gasteiger partial charge on any atom is -0.394 e. The maximum atomic E-state index is 12.1. The highest BCUT2D eigenvalue weighted by Crippen LogP contribution is 2.29. The molecule has 0 amide bonds. The molecule has 2 N–H and O–H groups in total. The Balaban J connectivity index is 2.06. The second-order valence-corrected chi connectivity index (χ2v) is 6.25. The van der Waals surface area contributed by atoms with Gasteiger partial charge in [-0.05, 0) is 12.0 Å². The van der Waals surface area contributed by atoms with Gasteiger partial charge in [0.2, 0.25) is 0 Å². The van der Waals surface area contributed by atoms with Crippen LogP contribution in [0.15, 0.2) is 20.9 Å². The minimum absolute atomic E-state index is 0.0949. The van der Waals surface area contributed by atoms with Crippen LogP contribution in [0.25, 0.3) is 10.4 Å². The summed E-state index contributed by atoms with van der Waals surface area (Å²) in [6.45, 7) is 2.44. The smallest absolute Gasteiger partial charge is 0.330 e. The molecule has 1 aliphatic heterocycles. The van der Waals surface area contributed by atoms with Crippen molar-refractivity contribution >= 4 is 0 Å². The van der Waals surface area contributed by atoms with E-state index in [1.807, 2.05) is 0 Å². The Kier molecular flexibility index (Phi) is 7.86. The summed E-state index contributed by atoms with van der Waals surface area (Å²) in [6.07, 6.45) is 4.51. The summed E-state index contributed by atoms with van der Waals surface area (Å²) in [4.78, 5) is 29.1. The molecule has 26 heavy (non-hydrogen) atoms. The van der Waals surface area contributed by atoms with Crippen LogP contribution in [0.1, 0.15) is 50.8 Å². The molecular formula is C16H25N5O5. The molecular weight excluding hydrogens is 342 g/mol. The monoisotopic (exact) mass is 367 g/mol. The molecule has 1 aliphatic rings. The van der Waals surface area contributed by atoms with E-state index in [9.17, 15) is 14.7 Å². The summed E-state index contributed by atoms with van der Waals surface area (Å²) >= 11 is 0. The molecule has 0 radical (unpaired) electrons. The highest BCUT2D eigenvalue weighted by molar-refractivity contribution is 5.04. The molecule has 10 nitrogen and oxygen atoms in total. The summed E-state index contributed by atoms with van der Waals surface area (Å²) in [5.41, 5.74) is 7.79. The quantitative estimate of drug-likeness (QED) is 0.279. The number of hydrogen-bond acceptors (Lipinski definition) is 6. The van der Waals surface area contributed by atoms with Crippen molar-refractivity contribution in [1.29, 1.82) is 0 Å². The summed E-state index contributed by atoms with van der Waals surface area (Å²) in [6, 6.07) is -0.577. The van der Waals surface area contributed by atoms with Crippen molar-refractivity contribution < 1.29 is 14.6 Å². The Labute approximate surface area is 150 Å². The Morgan fingerprint density at radius 1 is 1.46 bits per heavy atom. The van der Waals surface area contributed by atoms with Gasteiger partial charge in [-0.25, -0.2) is 4.79 Å². The second-order valence-electron chi connectivity index (χ2n) is 6.25. The SMILES string of the molecule is CCCCCCOCc1cn([C@H]2C[C@H](N=[N+]=[N-])[C@@H](CO)O2)c(=O)[nH]c1=O. The molecule has 0 bridgehead atoms. The molecule has 1 aromatic heterocycles. The predicted molar refractivity (Wildman–Crippen MR) is 93.7 cm³/mol. The van der Waals surface area contributed by atoms with Gasteiger partial charge < -0.3 is 14.6 Å². The number of aliphatic hydroxyl groups is 1. The first-order valence-corrected chi connectivity index (χ1v) is 8.83. The average Bonchev–Trinajstić information content (AvgIpc) is 3.02. The van der Waals surface area contributed by atoms with Crippen LogP contribution in [0.3, 0.4) is 0 Å². The molecule has 144 valence electrons. The Morgan fingerprint density at radius 3 is 2.96 bits per heavy atom. The Bertz CT molecular complexity index is 739. The maximum absolute atomic E-state index is 12.1. The van der Waals surface area contributed by atoms with E-state index in [0.717, 1.165) is 25.7 Å². The number of aromatic nitrogens is 2. The van der Waals surface area contributed by atoms with Crippen LogP contribution >= 0.6 is 0 Å². The largest absolute Gasteiger partial charge is 0.394 e. The lowest BCUT2D eigenvalue weighted by Crippen LogP contribution is -2.34. The Hall–Kier alpha value is -2.13. The van der Waals surface area contributed by atoms with Gasteiger partial charge in [0, 0.05) is 24.1 Å². The van der Waals surface area contributed by atoms with Gasteiger partial charge in [0.05, 0.1) is 30.9 Å². The first-order valence-electron chi connectivity index (χ1n) is 8.83.